The molecule has 106 valence electrons. The van der Waals surface area contributed by atoms with Gasteiger partial charge in [-0.3, -0.25) is 0 Å². The van der Waals surface area contributed by atoms with E-state index in [1.165, 1.54) is 12.1 Å². The normalized spacial score (nSPS) is 10.7. The minimum Gasteiger partial charge on any atom is -0.489 e. The van der Waals surface area contributed by atoms with Crippen molar-refractivity contribution in [1.82, 2.24) is 0 Å². The number of halogens is 2. The summed E-state index contributed by atoms with van der Waals surface area (Å²) in [6, 6.07) is 9.74. The average Bonchev–Trinajstić information content (AvgIpc) is 2.36. The molecule has 0 aromatic heterocycles. The zero-order valence-electron chi connectivity index (χ0n) is 11.2. The van der Waals surface area contributed by atoms with Gasteiger partial charge in [0.25, 0.3) is 0 Å². The SMILES string of the molecule is CC(C)Oc1cccc(Oc2ccc(Br)cc2F)c1N. The Morgan fingerprint density at radius 1 is 1.10 bits per heavy atom. The molecule has 0 heterocycles. The van der Waals surface area contributed by atoms with Gasteiger partial charge in [0.1, 0.15) is 11.4 Å². The summed E-state index contributed by atoms with van der Waals surface area (Å²) in [5.74, 6) is 0.537. The van der Waals surface area contributed by atoms with Gasteiger partial charge < -0.3 is 15.2 Å². The van der Waals surface area contributed by atoms with E-state index < -0.39 is 5.82 Å². The lowest BCUT2D eigenvalue weighted by molar-refractivity contribution is 0.243. The maximum Gasteiger partial charge on any atom is 0.166 e. The Morgan fingerprint density at radius 2 is 1.80 bits per heavy atom. The van der Waals surface area contributed by atoms with E-state index in [0.29, 0.717) is 21.7 Å². The zero-order valence-corrected chi connectivity index (χ0v) is 12.8. The van der Waals surface area contributed by atoms with Gasteiger partial charge in [0.2, 0.25) is 0 Å². The first kappa shape index (κ1) is 14.7. The van der Waals surface area contributed by atoms with Crippen LogP contribution >= 0.6 is 15.9 Å². The summed E-state index contributed by atoms with van der Waals surface area (Å²) in [5, 5.41) is 0. The Morgan fingerprint density at radius 3 is 2.45 bits per heavy atom. The van der Waals surface area contributed by atoms with Crippen molar-refractivity contribution >= 4 is 21.6 Å². The molecule has 2 aromatic rings. The van der Waals surface area contributed by atoms with Crippen molar-refractivity contribution in [1.29, 1.82) is 0 Å². The molecule has 0 atom stereocenters. The predicted molar refractivity (Wildman–Crippen MR) is 80.8 cm³/mol. The van der Waals surface area contributed by atoms with E-state index in [1.54, 1.807) is 24.3 Å². The minimum absolute atomic E-state index is 0.00281. The molecule has 0 aliphatic rings. The lowest BCUT2D eigenvalue weighted by atomic mass is 10.2. The molecule has 2 rings (SSSR count). The van der Waals surface area contributed by atoms with Gasteiger partial charge in [0, 0.05) is 4.47 Å². The number of hydrogen-bond donors (Lipinski definition) is 1. The van der Waals surface area contributed by atoms with Gasteiger partial charge in [-0.1, -0.05) is 22.0 Å². The monoisotopic (exact) mass is 339 g/mol. The van der Waals surface area contributed by atoms with E-state index in [-0.39, 0.29) is 11.9 Å². The highest BCUT2D eigenvalue weighted by Gasteiger charge is 2.12. The maximum atomic E-state index is 13.8. The van der Waals surface area contributed by atoms with Gasteiger partial charge in [-0.2, -0.15) is 0 Å². The van der Waals surface area contributed by atoms with Crippen LogP contribution in [0, 0.1) is 5.82 Å². The summed E-state index contributed by atoms with van der Waals surface area (Å²) < 4.78 is 25.5. The first-order valence-electron chi connectivity index (χ1n) is 6.15. The van der Waals surface area contributed by atoms with Gasteiger partial charge in [0.05, 0.1) is 6.10 Å². The highest BCUT2D eigenvalue weighted by Crippen LogP contribution is 2.36. The Balaban J connectivity index is 2.29. The third kappa shape index (κ3) is 3.42. The Hall–Kier alpha value is -1.75. The summed E-state index contributed by atoms with van der Waals surface area (Å²) in [5.41, 5.74) is 6.33. The second kappa shape index (κ2) is 6.13. The summed E-state index contributed by atoms with van der Waals surface area (Å²) >= 11 is 3.19. The fourth-order valence-electron chi connectivity index (χ4n) is 1.65. The highest BCUT2D eigenvalue weighted by atomic mass is 79.9. The minimum atomic E-state index is -0.464. The third-order valence-electron chi connectivity index (χ3n) is 2.50. The van der Waals surface area contributed by atoms with Gasteiger partial charge in [-0.05, 0) is 44.2 Å². The quantitative estimate of drug-likeness (QED) is 0.817. The van der Waals surface area contributed by atoms with E-state index in [9.17, 15) is 4.39 Å². The van der Waals surface area contributed by atoms with E-state index in [4.69, 9.17) is 15.2 Å². The summed E-state index contributed by atoms with van der Waals surface area (Å²) in [6.07, 6.45) is -0.00281. The van der Waals surface area contributed by atoms with Crippen LogP contribution in [0.25, 0.3) is 0 Å². The average molecular weight is 340 g/mol. The van der Waals surface area contributed by atoms with Crippen LogP contribution in [0.15, 0.2) is 40.9 Å². The van der Waals surface area contributed by atoms with Crippen molar-refractivity contribution in [3.63, 3.8) is 0 Å². The number of anilines is 1. The van der Waals surface area contributed by atoms with Crippen LogP contribution in [-0.4, -0.2) is 6.10 Å². The first-order chi connectivity index (χ1) is 9.47. The molecule has 5 heteroatoms. The second-order valence-corrected chi connectivity index (χ2v) is 5.43. The van der Waals surface area contributed by atoms with Crippen molar-refractivity contribution in [3.8, 4) is 17.2 Å². The molecule has 0 amide bonds. The number of nitrogens with two attached hydrogens (primary N) is 1. The Labute approximate surface area is 125 Å². The molecule has 0 radical (unpaired) electrons. The number of para-hydroxylation sites is 1. The van der Waals surface area contributed by atoms with Crippen LogP contribution in [0.3, 0.4) is 0 Å². The van der Waals surface area contributed by atoms with E-state index in [2.05, 4.69) is 15.9 Å². The summed E-state index contributed by atoms with van der Waals surface area (Å²) in [4.78, 5) is 0. The molecule has 0 saturated carbocycles. The van der Waals surface area contributed by atoms with Crippen molar-refractivity contribution in [2.75, 3.05) is 5.73 Å². The Kier molecular flexibility index (Phi) is 4.49. The first-order valence-corrected chi connectivity index (χ1v) is 6.94. The van der Waals surface area contributed by atoms with Crippen LogP contribution in [0.1, 0.15) is 13.8 Å². The predicted octanol–water partition coefficient (Wildman–Crippen LogP) is 4.75. The molecule has 0 fully saturated rings. The molecule has 0 spiro atoms. The molecule has 0 saturated heterocycles. The molecule has 20 heavy (non-hydrogen) atoms. The summed E-state index contributed by atoms with van der Waals surface area (Å²) in [6.45, 7) is 3.81. The molecule has 2 N–H and O–H groups in total. The molecular formula is C15H15BrFNO2. The summed E-state index contributed by atoms with van der Waals surface area (Å²) in [7, 11) is 0. The second-order valence-electron chi connectivity index (χ2n) is 4.51. The van der Waals surface area contributed by atoms with Crippen LogP contribution in [0.2, 0.25) is 0 Å². The van der Waals surface area contributed by atoms with Crippen LogP contribution in [0.4, 0.5) is 10.1 Å². The lowest BCUT2D eigenvalue weighted by Crippen LogP contribution is -2.07. The fraction of sp³-hybridized carbons (Fsp3) is 0.200. The molecule has 3 nitrogen and oxygen atoms in total. The van der Waals surface area contributed by atoms with Crippen LogP contribution in [-0.2, 0) is 0 Å². The number of rotatable bonds is 4. The van der Waals surface area contributed by atoms with E-state index in [0.717, 1.165) is 0 Å². The maximum absolute atomic E-state index is 13.8. The van der Waals surface area contributed by atoms with Crippen molar-refractivity contribution < 1.29 is 13.9 Å². The molecule has 2 aromatic carbocycles. The van der Waals surface area contributed by atoms with Crippen LogP contribution in [0.5, 0.6) is 17.2 Å². The number of nitrogen functional groups attached to an aromatic ring is 1. The van der Waals surface area contributed by atoms with Crippen LogP contribution < -0.4 is 15.2 Å². The molecule has 0 aliphatic heterocycles. The largest absolute Gasteiger partial charge is 0.489 e. The van der Waals surface area contributed by atoms with Gasteiger partial charge in [-0.25, -0.2) is 4.39 Å². The third-order valence-corrected chi connectivity index (χ3v) is 3.00. The van der Waals surface area contributed by atoms with Gasteiger partial charge in [-0.15, -0.1) is 0 Å². The lowest BCUT2D eigenvalue weighted by Gasteiger charge is -2.15. The molecule has 0 unspecified atom stereocenters. The smallest absolute Gasteiger partial charge is 0.166 e. The van der Waals surface area contributed by atoms with E-state index in [1.807, 2.05) is 13.8 Å². The number of hydrogen-bond acceptors (Lipinski definition) is 3. The number of benzene rings is 2. The van der Waals surface area contributed by atoms with Crippen molar-refractivity contribution in [2.45, 2.75) is 20.0 Å². The zero-order chi connectivity index (χ0) is 14.7. The topological polar surface area (TPSA) is 44.5 Å². The highest BCUT2D eigenvalue weighted by molar-refractivity contribution is 9.10. The van der Waals surface area contributed by atoms with Gasteiger partial charge >= 0.3 is 0 Å². The molecule has 0 aliphatic carbocycles. The molecule has 0 bridgehead atoms. The standard InChI is InChI=1S/C15H15BrFNO2/c1-9(2)19-13-4-3-5-14(15(13)18)20-12-7-6-10(16)8-11(12)17/h3-9H,18H2,1-2H3. The molecular weight excluding hydrogens is 325 g/mol. The Bertz CT molecular complexity index is 617. The van der Waals surface area contributed by atoms with Crippen molar-refractivity contribution in [3.05, 3.63) is 46.7 Å². The van der Waals surface area contributed by atoms with E-state index >= 15 is 0 Å². The fourth-order valence-corrected chi connectivity index (χ4v) is 1.98. The van der Waals surface area contributed by atoms with Gasteiger partial charge in [0.15, 0.2) is 17.3 Å². The van der Waals surface area contributed by atoms with Crippen molar-refractivity contribution in [2.24, 2.45) is 0 Å². The number of ether oxygens (including phenoxy) is 2.